The van der Waals surface area contributed by atoms with E-state index in [2.05, 4.69) is 46.6 Å². The van der Waals surface area contributed by atoms with Gasteiger partial charge in [-0.15, -0.1) is 0 Å². The molecule has 0 radical (unpaired) electrons. The fraction of sp³-hybridized carbons (Fsp3) is 0.500. The molecule has 20 heavy (non-hydrogen) atoms. The largest absolute Gasteiger partial charge is 0.338 e. The number of rotatable bonds is 4. The van der Waals surface area contributed by atoms with Crippen molar-refractivity contribution in [3.05, 3.63) is 47.6 Å². The van der Waals surface area contributed by atoms with Gasteiger partial charge < -0.3 is 9.84 Å². The maximum Gasteiger partial charge on any atom is 0.244 e. The maximum atomic E-state index is 5.44. The third-order valence-corrected chi connectivity index (χ3v) is 4.00. The van der Waals surface area contributed by atoms with Gasteiger partial charge in [0.25, 0.3) is 0 Å². The Balaban J connectivity index is 1.62. The van der Waals surface area contributed by atoms with Crippen LogP contribution < -0.4 is 5.32 Å². The summed E-state index contributed by atoms with van der Waals surface area (Å²) in [4.78, 5) is 4.56. The van der Waals surface area contributed by atoms with E-state index in [9.17, 15) is 0 Å². The lowest BCUT2D eigenvalue weighted by molar-refractivity contribution is 0.239. The highest BCUT2D eigenvalue weighted by Crippen LogP contribution is 2.27. The zero-order valence-electron chi connectivity index (χ0n) is 11.9. The van der Waals surface area contributed by atoms with Crippen LogP contribution in [0.2, 0.25) is 0 Å². The number of benzene rings is 1. The molecule has 1 aromatic heterocycles. The Morgan fingerprint density at radius 2 is 2.10 bits per heavy atom. The summed E-state index contributed by atoms with van der Waals surface area (Å²) in [7, 11) is 0. The Morgan fingerprint density at radius 1 is 1.25 bits per heavy atom. The Kier molecular flexibility index (Phi) is 4.11. The Bertz CT molecular complexity index is 538. The Hall–Kier alpha value is -1.68. The third kappa shape index (κ3) is 3.07. The third-order valence-electron chi connectivity index (χ3n) is 4.00. The molecule has 2 heterocycles. The molecule has 3 rings (SSSR count). The average Bonchev–Trinajstić information content (AvgIpc) is 2.95. The fourth-order valence-corrected chi connectivity index (χ4v) is 2.78. The predicted octanol–water partition coefficient (Wildman–Crippen LogP) is 2.92. The van der Waals surface area contributed by atoms with Crippen molar-refractivity contribution in [3.63, 3.8) is 0 Å². The van der Waals surface area contributed by atoms with E-state index in [0.29, 0.717) is 5.92 Å². The minimum absolute atomic E-state index is 0.224. The number of aryl methyl sites for hydroxylation is 2. The molecule has 106 valence electrons. The number of hydrogen-bond donors (Lipinski definition) is 1. The fourth-order valence-electron chi connectivity index (χ4n) is 2.78. The van der Waals surface area contributed by atoms with E-state index in [1.165, 1.54) is 18.4 Å². The predicted molar refractivity (Wildman–Crippen MR) is 77.3 cm³/mol. The second kappa shape index (κ2) is 6.18. The molecule has 1 aliphatic heterocycles. The van der Waals surface area contributed by atoms with Crippen molar-refractivity contribution < 1.29 is 4.52 Å². The van der Waals surface area contributed by atoms with Crippen molar-refractivity contribution in [1.82, 2.24) is 15.5 Å². The van der Waals surface area contributed by atoms with E-state index in [0.717, 1.165) is 31.1 Å². The number of hydrogen-bond acceptors (Lipinski definition) is 4. The van der Waals surface area contributed by atoms with Crippen molar-refractivity contribution >= 4 is 0 Å². The van der Waals surface area contributed by atoms with E-state index in [-0.39, 0.29) is 6.04 Å². The molecule has 0 amide bonds. The van der Waals surface area contributed by atoms with Gasteiger partial charge >= 0.3 is 0 Å². The van der Waals surface area contributed by atoms with Gasteiger partial charge in [-0.25, -0.2) is 0 Å². The van der Waals surface area contributed by atoms with Crippen molar-refractivity contribution in [2.24, 2.45) is 5.92 Å². The molecule has 1 saturated heterocycles. The van der Waals surface area contributed by atoms with Crippen LogP contribution in [0.4, 0.5) is 0 Å². The lowest BCUT2D eigenvalue weighted by Gasteiger charge is -2.26. The molecule has 1 fully saturated rings. The lowest BCUT2D eigenvalue weighted by atomic mass is 9.93. The molecular formula is C16H21N3O. The monoisotopic (exact) mass is 271 g/mol. The summed E-state index contributed by atoms with van der Waals surface area (Å²) >= 11 is 0. The molecule has 2 unspecified atom stereocenters. The van der Waals surface area contributed by atoms with E-state index in [1.807, 2.05) is 6.07 Å². The maximum absolute atomic E-state index is 5.44. The molecule has 0 aliphatic carbocycles. The first-order valence-electron chi connectivity index (χ1n) is 7.43. The van der Waals surface area contributed by atoms with Crippen LogP contribution in [0.3, 0.4) is 0 Å². The van der Waals surface area contributed by atoms with Crippen LogP contribution in [-0.2, 0) is 12.8 Å². The summed E-state index contributed by atoms with van der Waals surface area (Å²) in [5.74, 6) is 2.12. The lowest BCUT2D eigenvalue weighted by Crippen LogP contribution is -2.33. The van der Waals surface area contributed by atoms with E-state index in [1.54, 1.807) is 0 Å². The first kappa shape index (κ1) is 13.3. The van der Waals surface area contributed by atoms with E-state index < -0.39 is 0 Å². The zero-order chi connectivity index (χ0) is 13.8. The second-order valence-corrected chi connectivity index (χ2v) is 5.59. The van der Waals surface area contributed by atoms with E-state index in [4.69, 9.17) is 4.52 Å². The summed E-state index contributed by atoms with van der Waals surface area (Å²) < 4.78 is 5.44. The van der Waals surface area contributed by atoms with Crippen LogP contribution in [0.5, 0.6) is 0 Å². The van der Waals surface area contributed by atoms with Gasteiger partial charge in [0.15, 0.2) is 5.82 Å². The summed E-state index contributed by atoms with van der Waals surface area (Å²) in [5, 5.41) is 7.59. The number of nitrogens with zero attached hydrogens (tertiary/aromatic N) is 2. The Labute approximate surface area is 119 Å². The molecule has 1 N–H and O–H groups in total. The SMILES string of the molecule is CC1CCCNC1c1nc(CCc2ccccc2)no1. The van der Waals surface area contributed by atoms with Gasteiger partial charge in [-0.1, -0.05) is 42.4 Å². The molecule has 0 bridgehead atoms. The molecule has 0 spiro atoms. The molecule has 2 aromatic rings. The van der Waals surface area contributed by atoms with Crippen molar-refractivity contribution in [2.45, 2.75) is 38.6 Å². The minimum atomic E-state index is 0.224. The highest BCUT2D eigenvalue weighted by Gasteiger charge is 2.27. The van der Waals surface area contributed by atoms with E-state index >= 15 is 0 Å². The van der Waals surface area contributed by atoms with Gasteiger partial charge in [0.2, 0.25) is 5.89 Å². The normalized spacial score (nSPS) is 22.9. The van der Waals surface area contributed by atoms with Gasteiger partial charge in [0.1, 0.15) is 0 Å². The van der Waals surface area contributed by atoms with Crippen LogP contribution in [0.1, 0.15) is 43.1 Å². The van der Waals surface area contributed by atoms with Crippen LogP contribution in [-0.4, -0.2) is 16.7 Å². The second-order valence-electron chi connectivity index (χ2n) is 5.59. The van der Waals surface area contributed by atoms with Crippen LogP contribution in [0, 0.1) is 5.92 Å². The molecule has 4 heteroatoms. The zero-order valence-corrected chi connectivity index (χ0v) is 11.9. The summed E-state index contributed by atoms with van der Waals surface area (Å²) in [6.45, 7) is 3.28. The van der Waals surface area contributed by atoms with Crippen LogP contribution in [0.15, 0.2) is 34.9 Å². The Morgan fingerprint density at radius 3 is 2.90 bits per heavy atom. The summed E-state index contributed by atoms with van der Waals surface area (Å²) in [6.07, 6.45) is 4.23. The topological polar surface area (TPSA) is 51.0 Å². The average molecular weight is 271 g/mol. The molecule has 0 saturated carbocycles. The minimum Gasteiger partial charge on any atom is -0.338 e. The van der Waals surface area contributed by atoms with Gasteiger partial charge in [0, 0.05) is 6.42 Å². The molecule has 1 aliphatic rings. The van der Waals surface area contributed by atoms with Gasteiger partial charge in [-0.05, 0) is 37.3 Å². The molecule has 1 aromatic carbocycles. The molecular weight excluding hydrogens is 250 g/mol. The summed E-state index contributed by atoms with van der Waals surface area (Å²) in [6, 6.07) is 10.6. The first-order chi connectivity index (χ1) is 9.83. The number of aromatic nitrogens is 2. The molecule has 4 nitrogen and oxygen atoms in total. The first-order valence-corrected chi connectivity index (χ1v) is 7.43. The van der Waals surface area contributed by atoms with Crippen LogP contribution >= 0.6 is 0 Å². The highest BCUT2D eigenvalue weighted by atomic mass is 16.5. The number of nitrogens with one attached hydrogen (secondary N) is 1. The van der Waals surface area contributed by atoms with Gasteiger partial charge in [-0.3, -0.25) is 0 Å². The highest BCUT2D eigenvalue weighted by molar-refractivity contribution is 5.15. The molecule has 2 atom stereocenters. The smallest absolute Gasteiger partial charge is 0.244 e. The number of piperidine rings is 1. The summed E-state index contributed by atoms with van der Waals surface area (Å²) in [5.41, 5.74) is 1.31. The van der Waals surface area contributed by atoms with Crippen LogP contribution in [0.25, 0.3) is 0 Å². The van der Waals surface area contributed by atoms with Gasteiger partial charge in [0.05, 0.1) is 6.04 Å². The van der Waals surface area contributed by atoms with Crippen molar-refractivity contribution in [1.29, 1.82) is 0 Å². The quantitative estimate of drug-likeness (QED) is 0.929. The van der Waals surface area contributed by atoms with Gasteiger partial charge in [-0.2, -0.15) is 4.98 Å². The van der Waals surface area contributed by atoms with Crippen molar-refractivity contribution in [2.75, 3.05) is 6.54 Å². The van der Waals surface area contributed by atoms with Crippen molar-refractivity contribution in [3.8, 4) is 0 Å². The standard InChI is InChI=1S/C16H21N3O/c1-12-6-5-11-17-15(12)16-18-14(19-20-16)10-9-13-7-3-2-4-8-13/h2-4,7-8,12,15,17H,5-6,9-11H2,1H3.